The lowest BCUT2D eigenvalue weighted by atomic mass is 10.2. The number of amides is 1. The Morgan fingerprint density at radius 2 is 2.10 bits per heavy atom. The fraction of sp³-hybridized carbons (Fsp3) is 0.364. The van der Waals surface area contributed by atoms with E-state index in [1.165, 1.54) is 12.1 Å². The average molecular weight is 405 g/mol. The zero-order valence-corrected chi connectivity index (χ0v) is 14.4. The summed E-state index contributed by atoms with van der Waals surface area (Å²) in [6.45, 7) is 0.895. The molecule has 0 aliphatic carbocycles. The number of hydrogen-bond donors (Lipinski definition) is 1. The standard InChI is InChI=1S/C11H12BrCl2NO4S/c1-19-4-2-3-15-11(16)8-5-7(12)6-9(10(8)13)20(14,17)18/h5-6H,2-4H2,1H3,(H,15,16). The van der Waals surface area contributed by atoms with Crippen molar-refractivity contribution in [2.45, 2.75) is 11.3 Å². The first-order chi connectivity index (χ1) is 9.27. The van der Waals surface area contributed by atoms with Gasteiger partial charge in [-0.2, -0.15) is 0 Å². The van der Waals surface area contributed by atoms with Crippen molar-refractivity contribution in [3.8, 4) is 0 Å². The van der Waals surface area contributed by atoms with Gasteiger partial charge >= 0.3 is 0 Å². The maximum Gasteiger partial charge on any atom is 0.262 e. The second kappa shape index (κ2) is 7.61. The first-order valence-corrected chi connectivity index (χ1v) is 8.96. The molecule has 1 N–H and O–H groups in total. The Morgan fingerprint density at radius 3 is 2.65 bits per heavy atom. The van der Waals surface area contributed by atoms with E-state index in [1.807, 2.05) is 0 Å². The molecule has 1 amide bonds. The molecule has 1 aromatic rings. The van der Waals surface area contributed by atoms with Crippen LogP contribution in [0.15, 0.2) is 21.5 Å². The number of ether oxygens (including phenoxy) is 1. The summed E-state index contributed by atoms with van der Waals surface area (Å²) < 4.78 is 28.0. The summed E-state index contributed by atoms with van der Waals surface area (Å²) >= 11 is 9.05. The summed E-state index contributed by atoms with van der Waals surface area (Å²) in [7, 11) is 2.81. The van der Waals surface area contributed by atoms with Crippen LogP contribution in [0, 0.1) is 0 Å². The van der Waals surface area contributed by atoms with E-state index in [2.05, 4.69) is 21.2 Å². The molecule has 0 atom stereocenters. The minimum atomic E-state index is -4.03. The molecule has 0 saturated carbocycles. The average Bonchev–Trinajstić information content (AvgIpc) is 2.35. The fourth-order valence-electron chi connectivity index (χ4n) is 1.42. The number of methoxy groups -OCH3 is 1. The Bertz CT molecular complexity index is 607. The molecule has 9 heteroatoms. The van der Waals surface area contributed by atoms with Crippen molar-refractivity contribution in [3.63, 3.8) is 0 Å². The van der Waals surface area contributed by atoms with Gasteiger partial charge in [-0.3, -0.25) is 4.79 Å². The van der Waals surface area contributed by atoms with E-state index in [4.69, 9.17) is 27.0 Å². The van der Waals surface area contributed by atoms with Crippen LogP contribution in [0.5, 0.6) is 0 Å². The van der Waals surface area contributed by atoms with Crippen molar-refractivity contribution < 1.29 is 17.9 Å². The third-order valence-corrected chi connectivity index (χ3v) is 4.65. The largest absolute Gasteiger partial charge is 0.385 e. The predicted molar refractivity (Wildman–Crippen MR) is 81.0 cm³/mol. The van der Waals surface area contributed by atoms with E-state index in [0.717, 1.165) is 0 Å². The molecule has 0 heterocycles. The third-order valence-electron chi connectivity index (χ3n) is 2.32. The molecular formula is C11H12BrCl2NO4S. The van der Waals surface area contributed by atoms with Gasteiger partial charge in [0, 0.05) is 35.4 Å². The van der Waals surface area contributed by atoms with Gasteiger partial charge in [-0.1, -0.05) is 27.5 Å². The Hall–Kier alpha value is -0.340. The minimum Gasteiger partial charge on any atom is -0.385 e. The molecule has 20 heavy (non-hydrogen) atoms. The quantitative estimate of drug-likeness (QED) is 0.584. The van der Waals surface area contributed by atoms with Crippen molar-refractivity contribution in [1.29, 1.82) is 0 Å². The number of hydrogen-bond acceptors (Lipinski definition) is 4. The molecule has 0 fully saturated rings. The molecule has 1 aromatic carbocycles. The van der Waals surface area contributed by atoms with Crippen molar-refractivity contribution in [3.05, 3.63) is 27.2 Å². The van der Waals surface area contributed by atoms with Crippen LogP contribution < -0.4 is 5.32 Å². The smallest absolute Gasteiger partial charge is 0.262 e. The predicted octanol–water partition coefficient (Wildman–Crippen LogP) is 2.80. The molecular weight excluding hydrogens is 393 g/mol. The van der Waals surface area contributed by atoms with Gasteiger partial charge in [0.15, 0.2) is 0 Å². The van der Waals surface area contributed by atoms with Crippen LogP contribution in [0.25, 0.3) is 0 Å². The third kappa shape index (κ3) is 4.89. The highest BCUT2D eigenvalue weighted by atomic mass is 79.9. The zero-order valence-electron chi connectivity index (χ0n) is 10.5. The van der Waals surface area contributed by atoms with Gasteiger partial charge in [0.1, 0.15) is 4.90 Å². The van der Waals surface area contributed by atoms with Crippen molar-refractivity contribution in [2.24, 2.45) is 0 Å². The van der Waals surface area contributed by atoms with E-state index in [9.17, 15) is 13.2 Å². The SMILES string of the molecule is COCCCNC(=O)c1cc(Br)cc(S(=O)(=O)Cl)c1Cl. The van der Waals surface area contributed by atoms with Crippen LogP contribution in [-0.4, -0.2) is 34.6 Å². The molecule has 1 rings (SSSR count). The summed E-state index contributed by atoms with van der Waals surface area (Å²) in [5, 5.41) is 2.42. The first-order valence-electron chi connectivity index (χ1n) is 5.48. The summed E-state index contributed by atoms with van der Waals surface area (Å²) in [5.74, 6) is -0.478. The maximum absolute atomic E-state index is 12.0. The van der Waals surface area contributed by atoms with Crippen molar-refractivity contribution >= 4 is 53.2 Å². The Kier molecular flexibility index (Phi) is 6.74. The molecule has 0 bridgehead atoms. The van der Waals surface area contributed by atoms with E-state index in [0.29, 0.717) is 24.0 Å². The lowest BCUT2D eigenvalue weighted by Crippen LogP contribution is -2.25. The Balaban J connectivity index is 3.01. The molecule has 0 aromatic heterocycles. The summed E-state index contributed by atoms with van der Waals surface area (Å²) in [5.41, 5.74) is 0.0395. The maximum atomic E-state index is 12.0. The van der Waals surface area contributed by atoms with E-state index >= 15 is 0 Å². The van der Waals surface area contributed by atoms with Crippen LogP contribution >= 0.6 is 38.2 Å². The summed E-state index contributed by atoms with van der Waals surface area (Å²) in [6.07, 6.45) is 0.633. The summed E-state index contributed by atoms with van der Waals surface area (Å²) in [6, 6.07) is 2.67. The van der Waals surface area contributed by atoms with Crippen molar-refractivity contribution in [1.82, 2.24) is 5.32 Å². The number of carbonyl (C=O) groups is 1. The van der Waals surface area contributed by atoms with Gasteiger partial charge < -0.3 is 10.1 Å². The number of nitrogens with one attached hydrogen (secondary N) is 1. The Morgan fingerprint density at radius 1 is 1.45 bits per heavy atom. The number of carbonyl (C=O) groups excluding carboxylic acids is 1. The van der Waals surface area contributed by atoms with Crippen LogP contribution in [0.3, 0.4) is 0 Å². The zero-order chi connectivity index (χ0) is 15.3. The monoisotopic (exact) mass is 403 g/mol. The van der Waals surface area contributed by atoms with E-state index in [1.54, 1.807) is 7.11 Å². The molecule has 5 nitrogen and oxygen atoms in total. The molecule has 0 radical (unpaired) electrons. The highest BCUT2D eigenvalue weighted by Gasteiger charge is 2.21. The first kappa shape index (κ1) is 17.7. The van der Waals surface area contributed by atoms with Crippen LogP contribution in [0.4, 0.5) is 0 Å². The van der Waals surface area contributed by atoms with Gasteiger partial charge in [0.05, 0.1) is 10.6 Å². The van der Waals surface area contributed by atoms with Gasteiger partial charge in [-0.15, -0.1) is 0 Å². The Labute approximate surface area is 135 Å². The molecule has 0 unspecified atom stereocenters. The lowest BCUT2D eigenvalue weighted by molar-refractivity contribution is 0.0948. The van der Waals surface area contributed by atoms with Gasteiger partial charge in [0.2, 0.25) is 0 Å². The second-order valence-corrected chi connectivity index (χ2v) is 7.63. The minimum absolute atomic E-state index is 0.0395. The summed E-state index contributed by atoms with van der Waals surface area (Å²) in [4.78, 5) is 11.7. The van der Waals surface area contributed by atoms with E-state index in [-0.39, 0.29) is 15.5 Å². The highest BCUT2D eigenvalue weighted by molar-refractivity contribution is 9.10. The molecule has 0 aliphatic heterocycles. The van der Waals surface area contributed by atoms with Crippen molar-refractivity contribution in [2.75, 3.05) is 20.3 Å². The fourth-order valence-corrected chi connectivity index (χ4v) is 3.60. The van der Waals surface area contributed by atoms with Gasteiger partial charge in [-0.25, -0.2) is 8.42 Å². The van der Waals surface area contributed by atoms with Gasteiger partial charge in [-0.05, 0) is 18.6 Å². The van der Waals surface area contributed by atoms with Crippen LogP contribution in [0.2, 0.25) is 5.02 Å². The molecule has 0 saturated heterocycles. The second-order valence-electron chi connectivity index (χ2n) is 3.81. The van der Waals surface area contributed by atoms with Gasteiger partial charge in [0.25, 0.3) is 15.0 Å². The number of rotatable bonds is 6. The van der Waals surface area contributed by atoms with Crippen LogP contribution in [-0.2, 0) is 13.8 Å². The number of halogens is 3. The number of benzene rings is 1. The highest BCUT2D eigenvalue weighted by Crippen LogP contribution is 2.31. The normalized spacial score (nSPS) is 11.4. The molecule has 0 spiro atoms. The van der Waals surface area contributed by atoms with Crippen LogP contribution in [0.1, 0.15) is 16.8 Å². The molecule has 0 aliphatic rings. The molecule has 112 valence electrons. The van der Waals surface area contributed by atoms with E-state index < -0.39 is 15.0 Å². The lowest BCUT2D eigenvalue weighted by Gasteiger charge is -2.09. The topological polar surface area (TPSA) is 72.5 Å².